The van der Waals surface area contributed by atoms with Crippen LogP contribution in [0.5, 0.6) is 0 Å². The molecule has 0 amide bonds. The van der Waals surface area contributed by atoms with E-state index in [0.717, 1.165) is 30.1 Å². The van der Waals surface area contributed by atoms with E-state index in [1.807, 2.05) is 6.20 Å². The Kier molecular flexibility index (Phi) is 4.81. The minimum atomic E-state index is 0.737. The van der Waals surface area contributed by atoms with Crippen LogP contribution < -0.4 is 5.73 Å². The molecule has 0 unspecified atom stereocenters. The van der Waals surface area contributed by atoms with Gasteiger partial charge in [0.05, 0.1) is 11.9 Å². The highest BCUT2D eigenvalue weighted by Crippen LogP contribution is 2.22. The summed E-state index contributed by atoms with van der Waals surface area (Å²) in [5.74, 6) is 0. The molecule has 1 heterocycles. The van der Waals surface area contributed by atoms with Gasteiger partial charge in [-0.05, 0) is 46.0 Å². The van der Waals surface area contributed by atoms with E-state index in [4.69, 9.17) is 5.73 Å². The summed E-state index contributed by atoms with van der Waals surface area (Å²) in [5, 5.41) is 9.02. The lowest BCUT2D eigenvalue weighted by atomic mass is 10.1. The highest BCUT2D eigenvalue weighted by Gasteiger charge is 2.02. The zero-order chi connectivity index (χ0) is 12.1. The van der Waals surface area contributed by atoms with Crippen molar-refractivity contribution in [2.24, 2.45) is 5.73 Å². The van der Waals surface area contributed by atoms with Gasteiger partial charge in [0, 0.05) is 21.2 Å². The second-order valence-corrected chi connectivity index (χ2v) is 5.53. The van der Waals surface area contributed by atoms with Crippen LogP contribution in [0.2, 0.25) is 0 Å². The first kappa shape index (κ1) is 12.8. The van der Waals surface area contributed by atoms with Gasteiger partial charge in [-0.2, -0.15) is 0 Å². The maximum absolute atomic E-state index is 5.49. The smallest absolute Gasteiger partial charge is 0.149 e. The molecule has 0 saturated heterocycles. The number of rotatable bonds is 5. The third-order valence-corrected chi connectivity index (χ3v) is 4.12. The van der Waals surface area contributed by atoms with Crippen LogP contribution in [0, 0.1) is 0 Å². The van der Waals surface area contributed by atoms with Crippen molar-refractivity contribution in [2.75, 3.05) is 6.54 Å². The molecular formula is C11H13IN4S. The first-order chi connectivity index (χ1) is 8.33. The third-order valence-electron chi connectivity index (χ3n) is 2.42. The van der Waals surface area contributed by atoms with Crippen molar-refractivity contribution in [2.45, 2.75) is 17.9 Å². The van der Waals surface area contributed by atoms with Gasteiger partial charge in [0.15, 0.2) is 0 Å². The number of aryl methyl sites for hydroxylation is 1. The van der Waals surface area contributed by atoms with Crippen LogP contribution in [-0.4, -0.2) is 21.5 Å². The first-order valence-electron chi connectivity index (χ1n) is 5.34. The monoisotopic (exact) mass is 360 g/mol. The average molecular weight is 360 g/mol. The Morgan fingerprint density at radius 3 is 2.65 bits per heavy atom. The van der Waals surface area contributed by atoms with Gasteiger partial charge in [0.1, 0.15) is 5.03 Å². The molecule has 0 spiro atoms. The molecule has 2 rings (SSSR count). The van der Waals surface area contributed by atoms with E-state index < -0.39 is 0 Å². The van der Waals surface area contributed by atoms with E-state index in [1.165, 1.54) is 5.56 Å². The van der Waals surface area contributed by atoms with Gasteiger partial charge in [-0.3, -0.25) is 0 Å². The number of hydrogen-bond acceptors (Lipinski definition) is 4. The molecule has 6 heteroatoms. The fraction of sp³-hybridized carbons (Fsp3) is 0.273. The molecular weight excluding hydrogens is 347 g/mol. The van der Waals surface area contributed by atoms with Crippen LogP contribution in [0.3, 0.4) is 0 Å². The first-order valence-corrected chi connectivity index (χ1v) is 8.69. The number of halogens is 1. The van der Waals surface area contributed by atoms with Crippen molar-refractivity contribution in [3.63, 3.8) is 0 Å². The zero-order valence-electron chi connectivity index (χ0n) is 9.21. The Morgan fingerprint density at radius 1 is 1.29 bits per heavy atom. The van der Waals surface area contributed by atoms with Crippen molar-refractivity contribution >= 4 is 30.1 Å². The second kappa shape index (κ2) is 6.36. The average Bonchev–Trinajstić information content (AvgIpc) is 2.86. The van der Waals surface area contributed by atoms with Crippen LogP contribution in [0.25, 0.3) is 5.69 Å². The van der Waals surface area contributed by atoms with Gasteiger partial charge in [-0.15, -0.1) is 5.10 Å². The summed E-state index contributed by atoms with van der Waals surface area (Å²) in [4.78, 5) is 0. The molecule has 0 aliphatic heterocycles. The van der Waals surface area contributed by atoms with E-state index in [-0.39, 0.29) is 0 Å². The molecule has 0 atom stereocenters. The van der Waals surface area contributed by atoms with Crippen LogP contribution >= 0.6 is 30.1 Å². The van der Waals surface area contributed by atoms with Crippen LogP contribution in [0.15, 0.2) is 35.5 Å². The van der Waals surface area contributed by atoms with Crippen molar-refractivity contribution < 1.29 is 0 Å². The topological polar surface area (TPSA) is 56.7 Å². The van der Waals surface area contributed by atoms with Crippen molar-refractivity contribution in [3.8, 4) is 5.69 Å². The molecule has 2 aromatic rings. The van der Waals surface area contributed by atoms with E-state index >= 15 is 0 Å². The lowest BCUT2D eigenvalue weighted by Gasteiger charge is -2.02. The third kappa shape index (κ3) is 3.43. The Bertz CT molecular complexity index is 469. The fourth-order valence-corrected chi connectivity index (χ4v) is 2.34. The van der Waals surface area contributed by atoms with Gasteiger partial charge >= 0.3 is 0 Å². The van der Waals surface area contributed by atoms with E-state index in [2.05, 4.69) is 55.8 Å². The van der Waals surface area contributed by atoms with Crippen LogP contribution in [0.4, 0.5) is 0 Å². The molecule has 0 radical (unpaired) electrons. The maximum Gasteiger partial charge on any atom is 0.149 e. The molecule has 1 aromatic heterocycles. The summed E-state index contributed by atoms with van der Waals surface area (Å²) in [7, 11) is 1.56. The van der Waals surface area contributed by atoms with Crippen molar-refractivity contribution in [3.05, 3.63) is 36.0 Å². The number of nitrogens with two attached hydrogens (primary N) is 1. The molecule has 0 fully saturated rings. The SMILES string of the molecule is NCCCc1ccc(-n2cc(SI)nn2)cc1. The van der Waals surface area contributed by atoms with Gasteiger partial charge < -0.3 is 5.73 Å². The van der Waals surface area contributed by atoms with Gasteiger partial charge in [0.25, 0.3) is 0 Å². The number of benzene rings is 1. The summed E-state index contributed by atoms with van der Waals surface area (Å²) in [6, 6.07) is 8.34. The van der Waals surface area contributed by atoms with E-state index in [9.17, 15) is 0 Å². The molecule has 0 bridgehead atoms. The molecule has 0 saturated carbocycles. The maximum atomic E-state index is 5.49. The summed E-state index contributed by atoms with van der Waals surface area (Å²) >= 11 is 2.20. The molecule has 0 aliphatic carbocycles. The summed E-state index contributed by atoms with van der Waals surface area (Å²) in [6.45, 7) is 0.737. The van der Waals surface area contributed by atoms with Gasteiger partial charge in [-0.1, -0.05) is 17.3 Å². The van der Waals surface area contributed by atoms with Crippen LogP contribution in [-0.2, 0) is 6.42 Å². The molecule has 1 aromatic carbocycles. The standard InChI is InChI=1S/C11H13IN4S/c12-17-11-8-16(15-14-11)10-5-3-9(4-6-10)2-1-7-13/h3-6,8H,1-2,7,13H2. The Hall–Kier alpha value is -0.600. The second-order valence-electron chi connectivity index (χ2n) is 3.64. The molecule has 17 heavy (non-hydrogen) atoms. The van der Waals surface area contributed by atoms with E-state index in [1.54, 1.807) is 13.6 Å². The summed E-state index contributed by atoms with van der Waals surface area (Å²) < 4.78 is 1.79. The zero-order valence-corrected chi connectivity index (χ0v) is 12.2. The minimum absolute atomic E-state index is 0.737. The van der Waals surface area contributed by atoms with Crippen LogP contribution in [0.1, 0.15) is 12.0 Å². The fourth-order valence-electron chi connectivity index (χ4n) is 1.53. The van der Waals surface area contributed by atoms with Gasteiger partial charge in [-0.25, -0.2) is 4.68 Å². The largest absolute Gasteiger partial charge is 0.330 e. The normalized spacial score (nSPS) is 10.7. The quantitative estimate of drug-likeness (QED) is 0.833. The Balaban J connectivity index is 2.11. The predicted molar refractivity (Wildman–Crippen MR) is 78.6 cm³/mol. The Labute approximate surface area is 117 Å². The highest BCUT2D eigenvalue weighted by atomic mass is 127. The lowest BCUT2D eigenvalue weighted by molar-refractivity contribution is 0.794. The predicted octanol–water partition coefficient (Wildman–Crippen LogP) is 2.60. The number of nitrogens with zero attached hydrogens (tertiary/aromatic N) is 3. The lowest BCUT2D eigenvalue weighted by Crippen LogP contribution is -2.00. The van der Waals surface area contributed by atoms with Crippen molar-refractivity contribution in [1.82, 2.24) is 15.0 Å². The van der Waals surface area contributed by atoms with E-state index in [0.29, 0.717) is 0 Å². The summed E-state index contributed by atoms with van der Waals surface area (Å²) in [6.07, 6.45) is 3.98. The Morgan fingerprint density at radius 2 is 2.06 bits per heavy atom. The number of hydrogen-bond donors (Lipinski definition) is 1. The van der Waals surface area contributed by atoms with Gasteiger partial charge in [0.2, 0.25) is 0 Å². The van der Waals surface area contributed by atoms with Crippen molar-refractivity contribution in [1.29, 1.82) is 0 Å². The molecule has 4 nitrogen and oxygen atoms in total. The summed E-state index contributed by atoms with van der Waals surface area (Å²) in [5.41, 5.74) is 7.83. The minimum Gasteiger partial charge on any atom is -0.330 e. The molecule has 0 aliphatic rings. The number of aromatic nitrogens is 3. The highest BCUT2D eigenvalue weighted by molar-refractivity contribution is 14.2. The molecule has 2 N–H and O–H groups in total. The molecule has 90 valence electrons.